The Morgan fingerprint density at radius 2 is 1.96 bits per heavy atom. The Morgan fingerprint density at radius 3 is 2.59 bits per heavy atom. The van der Waals surface area contributed by atoms with Crippen molar-refractivity contribution in [1.82, 2.24) is 15.1 Å². The minimum absolute atomic E-state index is 0.181. The molecule has 2 aromatic rings. The maximum Gasteiger partial charge on any atom is 0.274 e. The van der Waals surface area contributed by atoms with Crippen LogP contribution in [0.1, 0.15) is 43.6 Å². The normalized spacial score (nSPS) is 14.3. The molecular weight excluding hydrogens is 342 g/mol. The zero-order chi connectivity index (χ0) is 19.4. The van der Waals surface area contributed by atoms with Crippen molar-refractivity contribution in [3.05, 3.63) is 40.3 Å². The number of fused-ring (bicyclic) bond motifs is 1. The lowest BCUT2D eigenvalue weighted by atomic mass is 10.0. The highest BCUT2D eigenvalue weighted by Gasteiger charge is 2.38. The van der Waals surface area contributed by atoms with E-state index in [0.717, 1.165) is 0 Å². The molecule has 140 valence electrons. The maximum atomic E-state index is 12.7. The first-order valence-electron chi connectivity index (χ1n) is 9.11. The summed E-state index contributed by atoms with van der Waals surface area (Å²) in [7, 11) is 0. The van der Waals surface area contributed by atoms with Gasteiger partial charge in [0.05, 0.1) is 5.39 Å². The number of hydrogen-bond acceptors (Lipinski definition) is 5. The summed E-state index contributed by atoms with van der Waals surface area (Å²) >= 11 is 0. The number of carbonyl (C=O) groups is 1. The van der Waals surface area contributed by atoms with Crippen molar-refractivity contribution in [2.45, 2.75) is 45.3 Å². The summed E-state index contributed by atoms with van der Waals surface area (Å²) in [6, 6.07) is 7.06. The maximum absolute atomic E-state index is 12.7. The van der Waals surface area contributed by atoms with Gasteiger partial charge in [0.2, 0.25) is 0 Å². The van der Waals surface area contributed by atoms with Gasteiger partial charge in [0.15, 0.2) is 11.4 Å². The van der Waals surface area contributed by atoms with Crippen molar-refractivity contribution in [2.24, 2.45) is 16.1 Å². The Kier molecular flexibility index (Phi) is 5.36. The number of nitrogens with zero attached hydrogens (tertiary/aromatic N) is 4. The summed E-state index contributed by atoms with van der Waals surface area (Å²) < 4.78 is 1.38. The average molecular weight is 365 g/mol. The molecule has 0 saturated carbocycles. The van der Waals surface area contributed by atoms with E-state index in [1.165, 1.54) is 4.68 Å². The highest BCUT2D eigenvalue weighted by molar-refractivity contribution is 6.04. The lowest BCUT2D eigenvalue weighted by Gasteiger charge is -2.13. The number of benzene rings is 1. The molecule has 0 radical (unpaired) electrons. The first-order valence-corrected chi connectivity index (χ1v) is 9.11. The summed E-state index contributed by atoms with van der Waals surface area (Å²) in [4.78, 5) is 25.4. The fourth-order valence-corrected chi connectivity index (χ4v) is 3.00. The minimum Gasteiger partial charge on any atom is -0.350 e. The third kappa shape index (κ3) is 4.22. The van der Waals surface area contributed by atoms with E-state index in [-0.39, 0.29) is 23.1 Å². The molecule has 1 amide bonds. The highest BCUT2D eigenvalue weighted by atomic mass is 16.2. The molecule has 0 fully saturated rings. The van der Waals surface area contributed by atoms with Crippen LogP contribution in [0.3, 0.4) is 0 Å². The van der Waals surface area contributed by atoms with E-state index in [1.807, 2.05) is 13.8 Å². The van der Waals surface area contributed by atoms with Crippen molar-refractivity contribution >= 4 is 16.7 Å². The molecule has 1 aromatic heterocycles. The number of terminal acetylenes is 1. The van der Waals surface area contributed by atoms with Gasteiger partial charge in [-0.2, -0.15) is 15.3 Å². The molecule has 1 aromatic carbocycles. The summed E-state index contributed by atoms with van der Waals surface area (Å²) in [5.74, 6) is 2.51. The van der Waals surface area contributed by atoms with Crippen molar-refractivity contribution in [2.75, 3.05) is 6.54 Å². The molecule has 1 N–H and O–H groups in total. The fourth-order valence-electron chi connectivity index (χ4n) is 3.00. The van der Waals surface area contributed by atoms with Crippen LogP contribution in [0.4, 0.5) is 0 Å². The summed E-state index contributed by atoms with van der Waals surface area (Å²) in [6.45, 7) is 4.87. The zero-order valence-electron chi connectivity index (χ0n) is 15.6. The summed E-state index contributed by atoms with van der Waals surface area (Å²) in [6.07, 6.45) is 7.19. The van der Waals surface area contributed by atoms with Crippen LogP contribution >= 0.6 is 0 Å². The van der Waals surface area contributed by atoms with Crippen LogP contribution in [-0.2, 0) is 6.54 Å². The van der Waals surface area contributed by atoms with Crippen molar-refractivity contribution < 1.29 is 4.79 Å². The van der Waals surface area contributed by atoms with Gasteiger partial charge < -0.3 is 5.32 Å². The molecule has 7 heteroatoms. The van der Waals surface area contributed by atoms with Crippen LogP contribution in [0.15, 0.2) is 39.3 Å². The molecule has 0 atom stereocenters. The predicted molar refractivity (Wildman–Crippen MR) is 103 cm³/mol. The van der Waals surface area contributed by atoms with Gasteiger partial charge in [-0.25, -0.2) is 4.68 Å². The molecule has 1 aliphatic heterocycles. The monoisotopic (exact) mass is 365 g/mol. The third-order valence-electron chi connectivity index (χ3n) is 4.48. The van der Waals surface area contributed by atoms with Crippen molar-refractivity contribution in [3.63, 3.8) is 0 Å². The largest absolute Gasteiger partial charge is 0.350 e. The van der Waals surface area contributed by atoms with Gasteiger partial charge in [-0.1, -0.05) is 32.0 Å². The van der Waals surface area contributed by atoms with Crippen LogP contribution in [0.25, 0.3) is 10.8 Å². The predicted octanol–water partition coefficient (Wildman–Crippen LogP) is 2.75. The van der Waals surface area contributed by atoms with Crippen LogP contribution in [0.5, 0.6) is 0 Å². The number of amides is 1. The van der Waals surface area contributed by atoms with Crippen LogP contribution in [0, 0.1) is 18.3 Å². The van der Waals surface area contributed by atoms with Gasteiger partial charge in [0.25, 0.3) is 11.5 Å². The topological polar surface area (TPSA) is 88.7 Å². The van der Waals surface area contributed by atoms with Gasteiger partial charge in [0.1, 0.15) is 0 Å². The molecule has 7 nitrogen and oxygen atoms in total. The van der Waals surface area contributed by atoms with E-state index >= 15 is 0 Å². The molecule has 0 aliphatic carbocycles. The van der Waals surface area contributed by atoms with Gasteiger partial charge in [0, 0.05) is 37.7 Å². The van der Waals surface area contributed by atoms with Crippen LogP contribution in [-0.4, -0.2) is 27.9 Å². The average Bonchev–Trinajstić information content (AvgIpc) is 3.42. The number of hydrogen-bond donors (Lipinski definition) is 1. The van der Waals surface area contributed by atoms with Gasteiger partial charge >= 0.3 is 0 Å². The van der Waals surface area contributed by atoms with E-state index < -0.39 is 5.66 Å². The number of aromatic nitrogens is 2. The van der Waals surface area contributed by atoms with E-state index in [4.69, 9.17) is 6.42 Å². The van der Waals surface area contributed by atoms with E-state index in [2.05, 4.69) is 26.6 Å². The lowest BCUT2D eigenvalue weighted by Crippen LogP contribution is -2.33. The Morgan fingerprint density at radius 1 is 1.26 bits per heavy atom. The summed E-state index contributed by atoms with van der Waals surface area (Å²) in [5.41, 5.74) is -0.362. The lowest BCUT2D eigenvalue weighted by molar-refractivity contribution is 0.0946. The van der Waals surface area contributed by atoms with Gasteiger partial charge in [-0.15, -0.1) is 12.3 Å². The minimum atomic E-state index is -0.439. The second-order valence-corrected chi connectivity index (χ2v) is 7.17. The van der Waals surface area contributed by atoms with Gasteiger partial charge in [-0.05, 0) is 12.0 Å². The first-order chi connectivity index (χ1) is 13.0. The zero-order valence-corrected chi connectivity index (χ0v) is 15.6. The Balaban J connectivity index is 1.79. The number of carbonyl (C=O) groups excluding carboxylic acids is 1. The van der Waals surface area contributed by atoms with Crippen molar-refractivity contribution in [1.29, 1.82) is 0 Å². The first kappa shape index (κ1) is 18.8. The Hall–Kier alpha value is -3.01. The molecule has 1 aliphatic rings. The molecule has 0 saturated heterocycles. The van der Waals surface area contributed by atoms with Crippen LogP contribution < -0.4 is 10.9 Å². The Labute approximate surface area is 157 Å². The quantitative estimate of drug-likeness (QED) is 0.730. The second kappa shape index (κ2) is 7.70. The number of nitrogens with one attached hydrogen (secondary N) is 1. The molecule has 2 heterocycles. The smallest absolute Gasteiger partial charge is 0.274 e. The van der Waals surface area contributed by atoms with Gasteiger partial charge in [-0.3, -0.25) is 9.59 Å². The second-order valence-electron chi connectivity index (χ2n) is 7.17. The van der Waals surface area contributed by atoms with E-state index in [1.54, 1.807) is 24.3 Å². The molecular formula is C20H23N5O2. The summed E-state index contributed by atoms with van der Waals surface area (Å²) in [5, 5.41) is 16.4. The SMILES string of the molecule is C#CCCC1(CCNC(=O)c2nn(CC(C)C)c(=O)c3ccccc23)N=N1. The fraction of sp³-hybridized carbons (Fsp3) is 0.450. The molecule has 0 spiro atoms. The van der Waals surface area contributed by atoms with Crippen LogP contribution in [0.2, 0.25) is 0 Å². The van der Waals surface area contributed by atoms with E-state index in [9.17, 15) is 9.59 Å². The standard InChI is InChI=1S/C20H23N5O2/c1-4-5-10-20(23-24-20)11-12-21-18(26)17-15-8-6-7-9-16(15)19(27)25(22-17)13-14(2)3/h1,6-9,14H,5,10-13H2,2-3H3,(H,21,26). The van der Waals surface area contributed by atoms with E-state index in [0.29, 0.717) is 43.1 Å². The Bertz CT molecular complexity index is 978. The van der Waals surface area contributed by atoms with Crippen molar-refractivity contribution in [3.8, 4) is 12.3 Å². The number of rotatable bonds is 8. The molecule has 0 bridgehead atoms. The molecule has 27 heavy (non-hydrogen) atoms. The highest BCUT2D eigenvalue weighted by Crippen LogP contribution is 2.36. The molecule has 0 unspecified atom stereocenters. The molecule has 3 rings (SSSR count). The third-order valence-corrected chi connectivity index (χ3v) is 4.48.